The van der Waals surface area contributed by atoms with Gasteiger partial charge in [-0.3, -0.25) is 9.69 Å². The van der Waals surface area contributed by atoms with Crippen LogP contribution in [0.3, 0.4) is 0 Å². The maximum absolute atomic E-state index is 14.5. The lowest BCUT2D eigenvalue weighted by Crippen LogP contribution is -2.67. The fourth-order valence-corrected chi connectivity index (χ4v) is 11.8. The van der Waals surface area contributed by atoms with E-state index in [2.05, 4.69) is 49.1 Å². The number of rotatable bonds is 12. The Kier molecular flexibility index (Phi) is 8.83. The van der Waals surface area contributed by atoms with Crippen LogP contribution in [0, 0.1) is 33.5 Å². The van der Waals surface area contributed by atoms with E-state index in [1.54, 1.807) is 18.4 Å². The van der Waals surface area contributed by atoms with E-state index in [9.17, 15) is 20.1 Å². The van der Waals surface area contributed by atoms with Gasteiger partial charge >= 0.3 is 0 Å². The fourth-order valence-electron chi connectivity index (χ4n) is 11.8. The van der Waals surface area contributed by atoms with E-state index >= 15 is 0 Å². The topological polar surface area (TPSA) is 103 Å². The third-order valence-electron chi connectivity index (χ3n) is 14.3. The van der Waals surface area contributed by atoms with Crippen molar-refractivity contribution in [3.63, 3.8) is 0 Å². The number of carbonyl (C=O) groups is 1. The molecular formula is C44H53NO6. The van der Waals surface area contributed by atoms with Gasteiger partial charge in [0.15, 0.2) is 5.76 Å². The van der Waals surface area contributed by atoms with Gasteiger partial charge in [0, 0.05) is 41.5 Å². The first-order valence-corrected chi connectivity index (χ1v) is 19.0. The molecule has 3 aromatic rings. The molecular weight excluding hydrogens is 638 g/mol. The van der Waals surface area contributed by atoms with Crippen molar-refractivity contribution >= 4 is 5.78 Å². The molecule has 3 saturated carbocycles. The number of furan rings is 1. The number of ketones is 1. The standard InChI is InChI=1S/C44H53NO6/c1-40-18-15-33(46)24-42(40)21-22-44(35(25-42)39(48)36-14-9-23-51-36)37(40)16-19-41(2)38(44)17-20-43(41,49)30-45(26-31-10-5-3-6-11-31)27-34(47)29-50-28-32-12-7-4-8-13-32/h3-14,21-23,25,33-34,37-38,46-47,49H,15-20,24,26-30H2,1-2H3. The number of aliphatic hydroxyl groups excluding tert-OH is 2. The molecule has 2 aromatic carbocycles. The molecule has 51 heavy (non-hydrogen) atoms. The lowest BCUT2D eigenvalue weighted by atomic mass is 9.32. The largest absolute Gasteiger partial charge is 0.461 e. The Bertz CT molecular complexity index is 1770. The van der Waals surface area contributed by atoms with Gasteiger partial charge in [0.25, 0.3) is 0 Å². The molecule has 9 rings (SSSR count). The van der Waals surface area contributed by atoms with Gasteiger partial charge < -0.3 is 24.5 Å². The molecule has 1 heterocycles. The minimum atomic E-state index is -1.04. The van der Waals surface area contributed by atoms with Crippen LogP contribution in [0.2, 0.25) is 0 Å². The van der Waals surface area contributed by atoms with Crippen molar-refractivity contribution in [1.29, 1.82) is 0 Å². The number of Topliss-reactive ketones (excluding diaryl/α,β-unsaturated/α-hetero) is 1. The first-order chi connectivity index (χ1) is 24.5. The molecule has 9 unspecified atom stereocenters. The zero-order valence-electron chi connectivity index (χ0n) is 30.0. The van der Waals surface area contributed by atoms with Crippen molar-refractivity contribution in [3.05, 3.63) is 120 Å². The molecule has 7 nitrogen and oxygen atoms in total. The Hall–Kier alpha value is -3.33. The van der Waals surface area contributed by atoms with Crippen molar-refractivity contribution in [1.82, 2.24) is 4.90 Å². The summed E-state index contributed by atoms with van der Waals surface area (Å²) in [6.45, 7) is 6.67. The summed E-state index contributed by atoms with van der Waals surface area (Å²) in [5, 5.41) is 35.3. The summed E-state index contributed by atoms with van der Waals surface area (Å²) in [4.78, 5) is 16.7. The van der Waals surface area contributed by atoms with E-state index < -0.39 is 28.6 Å². The van der Waals surface area contributed by atoms with Crippen molar-refractivity contribution in [3.8, 4) is 0 Å². The summed E-state index contributed by atoms with van der Waals surface area (Å²) in [5.41, 5.74) is 0.427. The highest BCUT2D eigenvalue weighted by Crippen LogP contribution is 2.78. The number of aliphatic hydroxyl groups is 3. The number of allylic oxidation sites excluding steroid dienone is 4. The number of carbonyl (C=O) groups excluding carboxylic acids is 1. The quantitative estimate of drug-likeness (QED) is 0.137. The highest BCUT2D eigenvalue weighted by Gasteiger charge is 2.74. The SMILES string of the molecule is CC12CCC(O)CC13C=CC1(C(C(=O)c4ccco4)=C3)C2CCC2(C)C1CCC2(O)CN(Cc1ccccc1)CC(O)COCc1ccccc1. The summed E-state index contributed by atoms with van der Waals surface area (Å²) >= 11 is 0. The van der Waals surface area contributed by atoms with Crippen LogP contribution in [0.5, 0.6) is 0 Å². The Morgan fingerprint density at radius 3 is 2.31 bits per heavy atom. The van der Waals surface area contributed by atoms with Gasteiger partial charge in [-0.05, 0) is 85.5 Å². The number of hydrogen-bond donors (Lipinski definition) is 3. The third kappa shape index (κ3) is 5.54. The molecule has 7 heteroatoms. The van der Waals surface area contributed by atoms with E-state index in [0.29, 0.717) is 44.8 Å². The van der Waals surface area contributed by atoms with Crippen LogP contribution in [-0.2, 0) is 17.9 Å². The van der Waals surface area contributed by atoms with E-state index in [1.807, 2.05) is 48.5 Å². The molecule has 0 saturated heterocycles. The molecule has 0 amide bonds. The molecule has 3 N–H and O–H groups in total. The zero-order valence-corrected chi connectivity index (χ0v) is 30.0. The van der Waals surface area contributed by atoms with Crippen molar-refractivity contribution in [2.45, 2.75) is 89.8 Å². The first-order valence-electron chi connectivity index (χ1n) is 19.0. The molecule has 9 atom stereocenters. The lowest BCUT2D eigenvalue weighted by molar-refractivity contribution is -0.177. The van der Waals surface area contributed by atoms with Gasteiger partial charge in [-0.25, -0.2) is 0 Å². The van der Waals surface area contributed by atoms with Crippen molar-refractivity contribution in [2.24, 2.45) is 33.5 Å². The fraction of sp³-hybridized carbons (Fsp3) is 0.523. The van der Waals surface area contributed by atoms with E-state index in [1.165, 1.54) is 0 Å². The molecule has 0 radical (unpaired) electrons. The van der Waals surface area contributed by atoms with Crippen LogP contribution in [-0.4, -0.2) is 63.5 Å². The van der Waals surface area contributed by atoms with Crippen LogP contribution in [0.15, 0.2) is 107 Å². The van der Waals surface area contributed by atoms with Crippen LogP contribution in [0.4, 0.5) is 0 Å². The van der Waals surface area contributed by atoms with E-state index in [4.69, 9.17) is 9.15 Å². The molecule has 2 spiro atoms. The molecule has 6 aliphatic rings. The highest BCUT2D eigenvalue weighted by atomic mass is 16.5. The molecule has 0 aliphatic heterocycles. The third-order valence-corrected chi connectivity index (χ3v) is 14.3. The lowest BCUT2D eigenvalue weighted by Gasteiger charge is -2.71. The number of benzene rings is 2. The summed E-state index contributed by atoms with van der Waals surface area (Å²) in [5.74, 6) is 0.531. The summed E-state index contributed by atoms with van der Waals surface area (Å²) in [7, 11) is 0. The Balaban J connectivity index is 1.10. The van der Waals surface area contributed by atoms with Gasteiger partial charge in [-0.2, -0.15) is 0 Å². The Morgan fingerprint density at radius 2 is 1.59 bits per heavy atom. The predicted molar refractivity (Wildman–Crippen MR) is 195 cm³/mol. The summed E-state index contributed by atoms with van der Waals surface area (Å²) in [6, 6.07) is 23.8. The highest BCUT2D eigenvalue weighted by molar-refractivity contribution is 6.08. The maximum Gasteiger partial charge on any atom is 0.224 e. The normalized spacial score (nSPS) is 37.1. The average Bonchev–Trinajstić information content (AvgIpc) is 3.75. The number of hydrogen-bond acceptors (Lipinski definition) is 7. The van der Waals surface area contributed by atoms with Crippen LogP contribution in [0.25, 0.3) is 0 Å². The Labute approximate surface area is 302 Å². The van der Waals surface area contributed by atoms with Gasteiger partial charge in [-0.1, -0.05) is 92.7 Å². The molecule has 3 fully saturated rings. The van der Waals surface area contributed by atoms with Gasteiger partial charge in [-0.15, -0.1) is 0 Å². The van der Waals surface area contributed by atoms with Crippen molar-refractivity contribution in [2.75, 3.05) is 19.7 Å². The monoisotopic (exact) mass is 691 g/mol. The number of nitrogens with zero attached hydrogens (tertiary/aromatic N) is 1. The molecule has 6 aliphatic carbocycles. The number of ether oxygens (including phenoxy) is 1. The second kappa shape index (κ2) is 13.0. The first kappa shape index (κ1) is 34.7. The van der Waals surface area contributed by atoms with E-state index in [-0.39, 0.29) is 35.1 Å². The minimum absolute atomic E-state index is 0.0369. The predicted octanol–water partition coefficient (Wildman–Crippen LogP) is 7.13. The second-order valence-electron chi connectivity index (χ2n) is 16.9. The molecule has 1 aromatic heterocycles. The average molecular weight is 692 g/mol. The van der Waals surface area contributed by atoms with Crippen LogP contribution in [0.1, 0.15) is 80.5 Å². The van der Waals surface area contributed by atoms with Gasteiger partial charge in [0.1, 0.15) is 0 Å². The van der Waals surface area contributed by atoms with Gasteiger partial charge in [0.2, 0.25) is 5.78 Å². The van der Waals surface area contributed by atoms with Crippen LogP contribution < -0.4 is 0 Å². The summed E-state index contributed by atoms with van der Waals surface area (Å²) in [6.07, 6.45) is 12.8. The molecule has 2 bridgehead atoms. The zero-order chi connectivity index (χ0) is 35.5. The Morgan fingerprint density at radius 1 is 0.902 bits per heavy atom. The number of fused-ring (bicyclic) bond motifs is 1. The maximum atomic E-state index is 14.5. The van der Waals surface area contributed by atoms with Crippen molar-refractivity contribution < 1.29 is 29.3 Å². The second-order valence-corrected chi connectivity index (χ2v) is 16.9. The minimum Gasteiger partial charge on any atom is -0.461 e. The summed E-state index contributed by atoms with van der Waals surface area (Å²) < 4.78 is 11.7. The smallest absolute Gasteiger partial charge is 0.224 e. The van der Waals surface area contributed by atoms with E-state index in [0.717, 1.165) is 48.8 Å². The molecule has 270 valence electrons. The van der Waals surface area contributed by atoms with Gasteiger partial charge in [0.05, 0.1) is 37.3 Å². The van der Waals surface area contributed by atoms with Crippen LogP contribution >= 0.6 is 0 Å².